The molecular weight excluding hydrogens is 292 g/mol. The summed E-state index contributed by atoms with van der Waals surface area (Å²) in [6, 6.07) is 0. The normalized spacial score (nSPS) is 13.4. The largest absolute Gasteiger partial charge is 0.455 e. The highest BCUT2D eigenvalue weighted by molar-refractivity contribution is 6.06. The predicted octanol–water partition coefficient (Wildman–Crippen LogP) is 3.50. The van der Waals surface area contributed by atoms with Crippen LogP contribution in [0, 0.1) is 0 Å². The summed E-state index contributed by atoms with van der Waals surface area (Å²) in [6.45, 7) is 6.27. The van der Waals surface area contributed by atoms with Gasteiger partial charge < -0.3 is 10.1 Å². The maximum Gasteiger partial charge on any atom is 0.342 e. The van der Waals surface area contributed by atoms with E-state index in [1.807, 2.05) is 10.9 Å². The molecule has 0 spiro atoms. The van der Waals surface area contributed by atoms with Gasteiger partial charge in [-0.25, -0.2) is 14.5 Å². The number of carbonyl (C=O) groups excluding carboxylic acids is 1. The van der Waals surface area contributed by atoms with Gasteiger partial charge in [0.15, 0.2) is 5.65 Å². The summed E-state index contributed by atoms with van der Waals surface area (Å²) in [4.78, 5) is 16.7. The van der Waals surface area contributed by atoms with Crippen molar-refractivity contribution in [3.8, 4) is 0 Å². The number of cyclic esters (lactones) is 1. The molecule has 124 valence electrons. The highest BCUT2D eigenvalue weighted by Gasteiger charge is 2.29. The van der Waals surface area contributed by atoms with Crippen LogP contribution in [0.1, 0.15) is 62.0 Å². The van der Waals surface area contributed by atoms with Crippen LogP contribution in [0.3, 0.4) is 0 Å². The summed E-state index contributed by atoms with van der Waals surface area (Å²) in [7, 11) is 0. The Morgan fingerprint density at radius 1 is 1.26 bits per heavy atom. The number of fused-ring (bicyclic) bond motifs is 2. The van der Waals surface area contributed by atoms with E-state index in [-0.39, 0.29) is 12.6 Å². The van der Waals surface area contributed by atoms with E-state index in [1.165, 1.54) is 12.8 Å². The third-order valence-corrected chi connectivity index (χ3v) is 4.21. The van der Waals surface area contributed by atoms with Crippen molar-refractivity contribution in [1.29, 1.82) is 0 Å². The first-order chi connectivity index (χ1) is 11.3. The van der Waals surface area contributed by atoms with Crippen molar-refractivity contribution in [3.05, 3.63) is 17.5 Å². The third kappa shape index (κ3) is 3.02. The van der Waals surface area contributed by atoms with Gasteiger partial charge >= 0.3 is 5.97 Å². The zero-order valence-electron chi connectivity index (χ0n) is 13.9. The van der Waals surface area contributed by atoms with Gasteiger partial charge in [0.05, 0.1) is 23.0 Å². The monoisotopic (exact) mass is 316 g/mol. The van der Waals surface area contributed by atoms with Crippen LogP contribution < -0.4 is 5.32 Å². The molecule has 2 aromatic rings. The minimum absolute atomic E-state index is 0.257. The van der Waals surface area contributed by atoms with Crippen molar-refractivity contribution in [2.75, 3.05) is 11.9 Å². The van der Waals surface area contributed by atoms with Crippen LogP contribution >= 0.6 is 0 Å². The minimum Gasteiger partial charge on any atom is -0.455 e. The summed E-state index contributed by atoms with van der Waals surface area (Å²) in [5.74, 6) is -0.285. The van der Waals surface area contributed by atoms with Crippen molar-refractivity contribution in [3.63, 3.8) is 0 Å². The van der Waals surface area contributed by atoms with E-state index in [0.717, 1.165) is 54.8 Å². The fourth-order valence-corrected chi connectivity index (χ4v) is 2.92. The minimum atomic E-state index is -0.285. The number of carbonyl (C=O) groups is 1. The lowest BCUT2D eigenvalue weighted by atomic mass is 10.1. The molecule has 0 bridgehead atoms. The molecule has 0 unspecified atom stereocenters. The summed E-state index contributed by atoms with van der Waals surface area (Å²) in [5, 5.41) is 8.80. The van der Waals surface area contributed by atoms with Crippen molar-refractivity contribution >= 4 is 22.7 Å². The molecule has 0 fully saturated rings. The van der Waals surface area contributed by atoms with Crippen molar-refractivity contribution in [2.45, 2.75) is 59.1 Å². The molecule has 1 N–H and O–H groups in total. The van der Waals surface area contributed by atoms with Crippen molar-refractivity contribution < 1.29 is 9.53 Å². The van der Waals surface area contributed by atoms with Crippen LogP contribution in [0.4, 0.5) is 5.69 Å². The first-order valence-corrected chi connectivity index (χ1v) is 8.55. The van der Waals surface area contributed by atoms with E-state index in [2.05, 4.69) is 29.2 Å². The number of esters is 1. The summed E-state index contributed by atoms with van der Waals surface area (Å²) >= 11 is 0. The smallest absolute Gasteiger partial charge is 0.342 e. The Balaban J connectivity index is 1.99. The Bertz CT molecular complexity index is 708. The van der Waals surface area contributed by atoms with E-state index in [1.54, 1.807) is 0 Å². The number of pyridine rings is 1. The van der Waals surface area contributed by atoms with Crippen LogP contribution in [-0.2, 0) is 17.9 Å². The lowest BCUT2D eigenvalue weighted by molar-refractivity contribution is 0.0534. The standard InChI is InChI=1S/C17H24N4O2/c1-3-5-7-9-21-16-12(10-19-21)15(18-8-6-4-2)14-13(20-16)11-23-17(14)22/h10H,3-9,11H2,1-2H3,(H,18,20). The average molecular weight is 316 g/mol. The van der Waals surface area contributed by atoms with Crippen molar-refractivity contribution in [2.24, 2.45) is 0 Å². The molecule has 0 aliphatic carbocycles. The Morgan fingerprint density at radius 2 is 2.09 bits per heavy atom. The van der Waals surface area contributed by atoms with Crippen LogP contribution in [0.2, 0.25) is 0 Å². The molecule has 0 atom stereocenters. The number of hydrogen-bond acceptors (Lipinski definition) is 5. The molecule has 3 heterocycles. The maximum atomic E-state index is 12.1. The molecule has 0 saturated carbocycles. The SMILES string of the molecule is CCCCCn1ncc2c(NCCCC)c3c(nc21)COC3=O. The van der Waals surface area contributed by atoms with E-state index < -0.39 is 0 Å². The van der Waals surface area contributed by atoms with Gasteiger partial charge in [0.25, 0.3) is 0 Å². The maximum absolute atomic E-state index is 12.1. The number of anilines is 1. The van der Waals surface area contributed by atoms with Gasteiger partial charge in [-0.2, -0.15) is 5.10 Å². The number of aromatic nitrogens is 3. The van der Waals surface area contributed by atoms with Crippen LogP contribution in [-0.4, -0.2) is 27.3 Å². The second-order valence-electron chi connectivity index (χ2n) is 5.98. The second kappa shape index (κ2) is 6.98. The van der Waals surface area contributed by atoms with E-state index in [4.69, 9.17) is 4.74 Å². The number of rotatable bonds is 8. The molecule has 6 heteroatoms. The summed E-state index contributed by atoms with van der Waals surface area (Å²) in [5.41, 5.74) is 2.99. The molecule has 0 amide bonds. The topological polar surface area (TPSA) is 69.0 Å². The van der Waals surface area contributed by atoms with Crippen LogP contribution in [0.5, 0.6) is 0 Å². The van der Waals surface area contributed by atoms with Crippen molar-refractivity contribution in [1.82, 2.24) is 14.8 Å². The number of hydrogen-bond donors (Lipinski definition) is 1. The first-order valence-electron chi connectivity index (χ1n) is 8.55. The highest BCUT2D eigenvalue weighted by Crippen LogP contribution is 2.33. The average Bonchev–Trinajstić information content (AvgIpc) is 3.12. The van der Waals surface area contributed by atoms with Gasteiger partial charge in [0.2, 0.25) is 0 Å². The van der Waals surface area contributed by atoms with Crippen LogP contribution in [0.15, 0.2) is 6.20 Å². The predicted molar refractivity (Wildman–Crippen MR) is 89.6 cm³/mol. The Kier molecular flexibility index (Phi) is 4.79. The molecule has 0 aromatic carbocycles. The molecule has 23 heavy (non-hydrogen) atoms. The number of ether oxygens (including phenoxy) is 1. The van der Waals surface area contributed by atoms with E-state index >= 15 is 0 Å². The van der Waals surface area contributed by atoms with Gasteiger partial charge in [0, 0.05) is 13.1 Å². The lowest BCUT2D eigenvalue weighted by Gasteiger charge is -2.11. The van der Waals surface area contributed by atoms with Gasteiger partial charge in [-0.05, 0) is 12.8 Å². The first kappa shape index (κ1) is 15.8. The number of unbranched alkanes of at least 4 members (excludes halogenated alkanes) is 3. The van der Waals surface area contributed by atoms with Crippen LogP contribution in [0.25, 0.3) is 11.0 Å². The molecule has 0 radical (unpaired) electrons. The Hall–Kier alpha value is -2.11. The van der Waals surface area contributed by atoms with E-state index in [0.29, 0.717) is 5.56 Å². The third-order valence-electron chi connectivity index (χ3n) is 4.21. The van der Waals surface area contributed by atoms with E-state index in [9.17, 15) is 4.79 Å². The zero-order chi connectivity index (χ0) is 16.2. The lowest BCUT2D eigenvalue weighted by Crippen LogP contribution is -2.09. The second-order valence-corrected chi connectivity index (χ2v) is 5.98. The number of nitrogens with zero attached hydrogens (tertiary/aromatic N) is 3. The highest BCUT2D eigenvalue weighted by atomic mass is 16.5. The molecule has 2 aromatic heterocycles. The van der Waals surface area contributed by atoms with Gasteiger partial charge in [0.1, 0.15) is 12.2 Å². The molecular formula is C17H24N4O2. The zero-order valence-corrected chi connectivity index (χ0v) is 13.9. The molecule has 3 rings (SSSR count). The fourth-order valence-electron chi connectivity index (χ4n) is 2.92. The Morgan fingerprint density at radius 3 is 2.87 bits per heavy atom. The summed E-state index contributed by atoms with van der Waals surface area (Å²) in [6.07, 6.45) is 7.40. The van der Waals surface area contributed by atoms with Gasteiger partial charge in [-0.1, -0.05) is 33.1 Å². The molecule has 6 nitrogen and oxygen atoms in total. The number of aryl methyl sites for hydroxylation is 1. The summed E-state index contributed by atoms with van der Waals surface area (Å²) < 4.78 is 7.12. The number of nitrogens with one attached hydrogen (secondary N) is 1. The molecule has 1 aliphatic heterocycles. The van der Waals surface area contributed by atoms with Gasteiger partial charge in [-0.15, -0.1) is 0 Å². The quantitative estimate of drug-likeness (QED) is 0.596. The fraction of sp³-hybridized carbons (Fsp3) is 0.588. The molecule has 0 saturated heterocycles. The van der Waals surface area contributed by atoms with Gasteiger partial charge in [-0.3, -0.25) is 0 Å². The Labute approximate surface area is 136 Å². The molecule has 1 aliphatic rings.